The number of aromatic nitrogens is 2. The van der Waals surface area contributed by atoms with Crippen LogP contribution in [-0.4, -0.2) is 52.7 Å². The Morgan fingerprint density at radius 2 is 1.88 bits per heavy atom. The van der Waals surface area contributed by atoms with Crippen LogP contribution in [0.5, 0.6) is 0 Å². The number of rotatable bonds is 11. The third-order valence-corrected chi connectivity index (χ3v) is 7.80. The first-order valence-corrected chi connectivity index (χ1v) is 14.5. The van der Waals surface area contributed by atoms with Crippen molar-refractivity contribution in [1.82, 2.24) is 19.8 Å². The van der Waals surface area contributed by atoms with E-state index >= 15 is 0 Å². The maximum Gasteiger partial charge on any atom is 0.307 e. The zero-order chi connectivity index (χ0) is 30.4. The lowest BCUT2D eigenvalue weighted by Gasteiger charge is -2.26. The number of alkyl halides is 1. The van der Waals surface area contributed by atoms with Gasteiger partial charge in [0.05, 0.1) is 19.6 Å². The smallest absolute Gasteiger partial charge is 0.307 e. The zero-order valence-corrected chi connectivity index (χ0v) is 25.1. The highest BCUT2D eigenvalue weighted by atomic mass is 19.1. The number of methoxy groups -OCH3 is 1. The summed E-state index contributed by atoms with van der Waals surface area (Å²) in [6.45, 7) is 9.56. The van der Waals surface area contributed by atoms with Crippen molar-refractivity contribution in [3.8, 4) is 11.1 Å². The standard InChI is InChI=1S/C33H41FN4O4/c1-21(2)13-29(38-19-24(9-10-30(38)39)18-37-12-11-27(34)20-37)33(41)36-28(15-31(40)42-5)25-14-26(17-35-16-25)32-22(3)7-6-8-23(32)4/h6-10,14,16-17,19,21,27-29H,11-13,15,18,20H2,1-5H3,(H,36,41)/t27?,28-,29?/m0/s1. The Kier molecular flexibility index (Phi) is 10.3. The van der Waals surface area contributed by atoms with E-state index in [2.05, 4.69) is 10.3 Å². The highest BCUT2D eigenvalue weighted by Crippen LogP contribution is 2.30. The second-order valence-electron chi connectivity index (χ2n) is 11.7. The number of nitrogens with zero attached hydrogens (tertiary/aromatic N) is 3. The molecule has 42 heavy (non-hydrogen) atoms. The number of hydrogen-bond acceptors (Lipinski definition) is 6. The summed E-state index contributed by atoms with van der Waals surface area (Å²) < 4.78 is 20.2. The molecule has 3 heterocycles. The maximum atomic E-state index is 13.9. The van der Waals surface area contributed by atoms with E-state index in [1.807, 2.05) is 56.9 Å². The third kappa shape index (κ3) is 7.70. The van der Waals surface area contributed by atoms with Crippen LogP contribution in [0.4, 0.5) is 4.39 Å². The molecule has 0 aliphatic carbocycles. The molecule has 224 valence electrons. The van der Waals surface area contributed by atoms with Gasteiger partial charge in [0.25, 0.3) is 5.56 Å². The fraction of sp³-hybridized carbons (Fsp3) is 0.455. The number of aryl methyl sites for hydroxylation is 2. The van der Waals surface area contributed by atoms with Crippen LogP contribution in [0.15, 0.2) is 59.8 Å². The van der Waals surface area contributed by atoms with Crippen LogP contribution in [0.2, 0.25) is 0 Å². The summed E-state index contributed by atoms with van der Waals surface area (Å²) >= 11 is 0. The van der Waals surface area contributed by atoms with Crippen LogP contribution in [0, 0.1) is 19.8 Å². The minimum absolute atomic E-state index is 0.0944. The zero-order valence-electron chi connectivity index (χ0n) is 25.1. The summed E-state index contributed by atoms with van der Waals surface area (Å²) in [5, 5.41) is 3.04. The van der Waals surface area contributed by atoms with Gasteiger partial charge in [-0.2, -0.15) is 0 Å². The van der Waals surface area contributed by atoms with E-state index in [-0.39, 0.29) is 23.8 Å². The van der Waals surface area contributed by atoms with Crippen molar-refractivity contribution >= 4 is 11.9 Å². The maximum absolute atomic E-state index is 13.9. The Morgan fingerprint density at radius 3 is 2.52 bits per heavy atom. The van der Waals surface area contributed by atoms with Gasteiger partial charge in [-0.15, -0.1) is 0 Å². The molecule has 0 radical (unpaired) electrons. The highest BCUT2D eigenvalue weighted by Gasteiger charge is 2.28. The average molecular weight is 577 g/mol. The summed E-state index contributed by atoms with van der Waals surface area (Å²) in [6.07, 6.45) is 5.10. The molecule has 0 bridgehead atoms. The molecule has 2 unspecified atom stereocenters. The number of carbonyl (C=O) groups is 2. The second-order valence-corrected chi connectivity index (χ2v) is 11.7. The summed E-state index contributed by atoms with van der Waals surface area (Å²) in [7, 11) is 1.31. The predicted octanol–water partition coefficient (Wildman–Crippen LogP) is 5.08. The van der Waals surface area contributed by atoms with E-state index in [0.717, 1.165) is 27.8 Å². The van der Waals surface area contributed by atoms with E-state index in [1.54, 1.807) is 24.7 Å². The van der Waals surface area contributed by atoms with Gasteiger partial charge >= 0.3 is 5.97 Å². The van der Waals surface area contributed by atoms with E-state index in [9.17, 15) is 18.8 Å². The van der Waals surface area contributed by atoms with Crippen LogP contribution in [-0.2, 0) is 20.9 Å². The SMILES string of the molecule is COC(=O)C[C@H](NC(=O)C(CC(C)C)n1cc(CN2CCC(F)C2)ccc1=O)c1cncc(-c2c(C)cccc2C)c1. The van der Waals surface area contributed by atoms with Crippen molar-refractivity contribution in [3.63, 3.8) is 0 Å². The average Bonchev–Trinajstić information content (AvgIpc) is 3.36. The molecule has 1 saturated heterocycles. The van der Waals surface area contributed by atoms with Crippen LogP contribution >= 0.6 is 0 Å². The van der Waals surface area contributed by atoms with Crippen LogP contribution < -0.4 is 10.9 Å². The van der Waals surface area contributed by atoms with Gasteiger partial charge in [0.2, 0.25) is 5.91 Å². The Hall–Kier alpha value is -3.85. The van der Waals surface area contributed by atoms with Gasteiger partial charge in [0.15, 0.2) is 0 Å². The first-order chi connectivity index (χ1) is 20.0. The van der Waals surface area contributed by atoms with Crippen molar-refractivity contribution in [2.75, 3.05) is 20.2 Å². The van der Waals surface area contributed by atoms with Gasteiger partial charge in [-0.3, -0.25) is 24.3 Å². The number of likely N-dealkylation sites (tertiary alicyclic amines) is 1. The lowest BCUT2D eigenvalue weighted by atomic mass is 9.94. The van der Waals surface area contributed by atoms with Gasteiger partial charge in [-0.25, -0.2) is 4.39 Å². The molecule has 1 aliphatic rings. The van der Waals surface area contributed by atoms with E-state index < -0.39 is 24.2 Å². The van der Waals surface area contributed by atoms with Crippen LogP contribution in [0.1, 0.15) is 67.4 Å². The molecule has 1 aliphatic heterocycles. The molecule has 4 rings (SSSR count). The highest BCUT2D eigenvalue weighted by molar-refractivity contribution is 5.82. The Morgan fingerprint density at radius 1 is 1.14 bits per heavy atom. The van der Waals surface area contributed by atoms with Gasteiger partial charge < -0.3 is 14.6 Å². The summed E-state index contributed by atoms with van der Waals surface area (Å²) in [6, 6.07) is 9.67. The molecule has 3 atom stereocenters. The van der Waals surface area contributed by atoms with E-state index in [1.165, 1.54) is 17.7 Å². The van der Waals surface area contributed by atoms with Crippen molar-refractivity contribution < 1.29 is 18.7 Å². The molecule has 3 aromatic rings. The van der Waals surface area contributed by atoms with Crippen molar-refractivity contribution in [1.29, 1.82) is 0 Å². The minimum Gasteiger partial charge on any atom is -0.469 e. The van der Waals surface area contributed by atoms with Crippen molar-refractivity contribution in [2.45, 2.75) is 71.8 Å². The molecule has 2 aromatic heterocycles. The van der Waals surface area contributed by atoms with Gasteiger partial charge in [0, 0.05) is 49.9 Å². The number of hydrogen-bond donors (Lipinski definition) is 1. The largest absolute Gasteiger partial charge is 0.469 e. The Labute approximate surface area is 246 Å². The molecule has 1 amide bonds. The summed E-state index contributed by atoms with van der Waals surface area (Å²) in [4.78, 5) is 45.9. The number of nitrogens with one attached hydrogen (secondary N) is 1. The summed E-state index contributed by atoms with van der Waals surface area (Å²) in [5.74, 6) is -0.747. The molecule has 8 nitrogen and oxygen atoms in total. The molecule has 1 aromatic carbocycles. The Balaban J connectivity index is 1.66. The van der Waals surface area contributed by atoms with Gasteiger partial charge in [-0.1, -0.05) is 38.1 Å². The lowest BCUT2D eigenvalue weighted by Crippen LogP contribution is -2.40. The first kappa shape index (κ1) is 31.1. The second kappa shape index (κ2) is 13.9. The van der Waals surface area contributed by atoms with Crippen LogP contribution in [0.25, 0.3) is 11.1 Å². The minimum atomic E-state index is -0.843. The molecule has 1 N–H and O–H groups in total. The molecule has 9 heteroatoms. The first-order valence-electron chi connectivity index (χ1n) is 14.5. The van der Waals surface area contributed by atoms with E-state index in [4.69, 9.17) is 4.74 Å². The van der Waals surface area contributed by atoms with E-state index in [0.29, 0.717) is 38.0 Å². The number of benzene rings is 1. The predicted molar refractivity (Wildman–Crippen MR) is 161 cm³/mol. The fourth-order valence-corrected chi connectivity index (χ4v) is 5.69. The number of amides is 1. The monoisotopic (exact) mass is 576 g/mol. The molecule has 0 saturated carbocycles. The van der Waals surface area contributed by atoms with Crippen molar-refractivity contribution in [2.24, 2.45) is 5.92 Å². The number of pyridine rings is 2. The fourth-order valence-electron chi connectivity index (χ4n) is 5.69. The number of esters is 1. The van der Waals surface area contributed by atoms with Crippen molar-refractivity contribution in [3.05, 3.63) is 87.6 Å². The molecular weight excluding hydrogens is 535 g/mol. The van der Waals surface area contributed by atoms with Gasteiger partial charge in [-0.05, 0) is 66.5 Å². The molecule has 0 spiro atoms. The topological polar surface area (TPSA) is 93.5 Å². The Bertz CT molecular complexity index is 1450. The number of halogens is 1. The molecular formula is C33H41FN4O4. The normalized spacial score (nSPS) is 16.8. The lowest BCUT2D eigenvalue weighted by molar-refractivity contribution is -0.141. The third-order valence-electron chi connectivity index (χ3n) is 7.80. The number of ether oxygens (including phenoxy) is 1. The molecule has 1 fully saturated rings. The number of carbonyl (C=O) groups excluding carboxylic acids is 2. The quantitative estimate of drug-likeness (QED) is 0.320. The van der Waals surface area contributed by atoms with Crippen LogP contribution in [0.3, 0.4) is 0 Å². The van der Waals surface area contributed by atoms with Gasteiger partial charge in [0.1, 0.15) is 12.2 Å². The summed E-state index contributed by atoms with van der Waals surface area (Å²) in [5.41, 5.74) is 5.31.